The molecule has 1 unspecified atom stereocenters. The molecule has 2 N–H and O–H groups in total. The first-order valence-electron chi connectivity index (χ1n) is 9.79. The first-order valence-corrected chi connectivity index (χ1v) is 10.6. The minimum Gasteiger partial charge on any atom is -0.341 e. The van der Waals surface area contributed by atoms with Crippen LogP contribution in [0, 0.1) is 12.3 Å². The molecule has 1 atom stereocenters. The van der Waals surface area contributed by atoms with Gasteiger partial charge in [0.1, 0.15) is 6.54 Å². The van der Waals surface area contributed by atoms with Gasteiger partial charge in [-0.2, -0.15) is 0 Å². The van der Waals surface area contributed by atoms with Crippen LogP contribution in [0.3, 0.4) is 0 Å². The molecule has 1 spiro atoms. The monoisotopic (exact) mass is 385 g/mol. The van der Waals surface area contributed by atoms with Gasteiger partial charge >= 0.3 is 4.87 Å². The molecule has 144 valence electrons. The fraction of sp³-hybridized carbons (Fsp3) is 0.524. The van der Waals surface area contributed by atoms with E-state index in [4.69, 9.17) is 5.73 Å². The van der Waals surface area contributed by atoms with Crippen molar-refractivity contribution in [1.29, 1.82) is 0 Å². The third-order valence-corrected chi connectivity index (χ3v) is 7.39. The maximum atomic E-state index is 12.9. The summed E-state index contributed by atoms with van der Waals surface area (Å²) in [7, 11) is 0. The van der Waals surface area contributed by atoms with E-state index in [0.29, 0.717) is 0 Å². The lowest BCUT2D eigenvalue weighted by Crippen LogP contribution is -2.49. The highest BCUT2D eigenvalue weighted by Crippen LogP contribution is 2.45. The number of hydrogen-bond acceptors (Lipinski definition) is 4. The zero-order valence-corrected chi connectivity index (χ0v) is 16.6. The molecule has 1 amide bonds. The Labute approximate surface area is 163 Å². The van der Waals surface area contributed by atoms with Gasteiger partial charge in [-0.3, -0.25) is 14.2 Å². The molecule has 1 saturated heterocycles. The Kier molecular flexibility index (Phi) is 4.95. The summed E-state index contributed by atoms with van der Waals surface area (Å²) in [6.07, 6.45) is 5.49. The Balaban J connectivity index is 1.51. The average Bonchev–Trinajstić information content (AvgIpc) is 3.15. The standard InChI is InChI=1S/C21H27N3O2S/c1-15-19(16-6-3-2-4-7-16)24(20(26)27-15)14-18(25)23-12-10-21(11-13-23)9-5-8-17(21)22/h2-4,6-7,17H,5,8-14,22H2,1H3. The van der Waals surface area contributed by atoms with Crippen LogP contribution in [0.2, 0.25) is 0 Å². The van der Waals surface area contributed by atoms with E-state index in [1.807, 2.05) is 42.2 Å². The number of piperidine rings is 1. The van der Waals surface area contributed by atoms with E-state index < -0.39 is 0 Å². The van der Waals surface area contributed by atoms with Crippen molar-refractivity contribution in [2.24, 2.45) is 11.1 Å². The fourth-order valence-corrected chi connectivity index (χ4v) is 5.69. The van der Waals surface area contributed by atoms with Crippen LogP contribution in [-0.4, -0.2) is 34.5 Å². The molecule has 2 heterocycles. The lowest BCUT2D eigenvalue weighted by molar-refractivity contribution is -0.134. The second kappa shape index (κ2) is 7.24. The largest absolute Gasteiger partial charge is 0.341 e. The van der Waals surface area contributed by atoms with Gasteiger partial charge in [0.15, 0.2) is 0 Å². The van der Waals surface area contributed by atoms with E-state index in [0.717, 1.165) is 48.5 Å². The lowest BCUT2D eigenvalue weighted by Gasteiger charge is -2.42. The number of hydrogen-bond donors (Lipinski definition) is 1. The van der Waals surface area contributed by atoms with Crippen LogP contribution in [0.5, 0.6) is 0 Å². The molecule has 5 nitrogen and oxygen atoms in total. The predicted molar refractivity (Wildman–Crippen MR) is 109 cm³/mol. The zero-order chi connectivity index (χ0) is 19.0. The predicted octanol–water partition coefficient (Wildman–Crippen LogP) is 3.01. The summed E-state index contributed by atoms with van der Waals surface area (Å²) in [5.41, 5.74) is 8.43. The number of carbonyl (C=O) groups excluding carboxylic acids is 1. The SMILES string of the molecule is Cc1sc(=O)n(CC(=O)N2CCC3(CCCC3N)CC2)c1-c1ccccc1. The highest BCUT2D eigenvalue weighted by molar-refractivity contribution is 7.09. The molecule has 1 saturated carbocycles. The fourth-order valence-electron chi connectivity index (χ4n) is 4.84. The first-order chi connectivity index (χ1) is 13.0. The van der Waals surface area contributed by atoms with Gasteiger partial charge in [-0.15, -0.1) is 0 Å². The molecule has 27 heavy (non-hydrogen) atoms. The van der Waals surface area contributed by atoms with Crippen molar-refractivity contribution in [1.82, 2.24) is 9.47 Å². The summed E-state index contributed by atoms with van der Waals surface area (Å²) in [5.74, 6) is 0.0356. The van der Waals surface area contributed by atoms with Crippen molar-refractivity contribution < 1.29 is 4.79 Å². The van der Waals surface area contributed by atoms with Gasteiger partial charge in [-0.25, -0.2) is 0 Å². The van der Waals surface area contributed by atoms with Gasteiger partial charge < -0.3 is 10.6 Å². The van der Waals surface area contributed by atoms with Crippen LogP contribution in [-0.2, 0) is 11.3 Å². The second-order valence-corrected chi connectivity index (χ2v) is 9.13. The van der Waals surface area contributed by atoms with Gasteiger partial charge in [0, 0.05) is 24.0 Å². The molecule has 2 fully saturated rings. The third kappa shape index (κ3) is 3.36. The van der Waals surface area contributed by atoms with Gasteiger partial charge in [-0.1, -0.05) is 48.1 Å². The summed E-state index contributed by atoms with van der Waals surface area (Å²) in [6.45, 7) is 3.57. The molecule has 1 aliphatic heterocycles. The lowest BCUT2D eigenvalue weighted by atomic mass is 9.74. The minimum absolute atomic E-state index is 0.0356. The van der Waals surface area contributed by atoms with Crippen LogP contribution in [0.4, 0.5) is 0 Å². The maximum Gasteiger partial charge on any atom is 0.308 e. The van der Waals surface area contributed by atoms with Crippen LogP contribution in [0.15, 0.2) is 35.1 Å². The van der Waals surface area contributed by atoms with E-state index in [2.05, 4.69) is 0 Å². The number of nitrogens with two attached hydrogens (primary N) is 1. The molecule has 1 aromatic carbocycles. The van der Waals surface area contributed by atoms with Crippen LogP contribution in [0.25, 0.3) is 11.3 Å². The van der Waals surface area contributed by atoms with E-state index in [1.165, 1.54) is 24.2 Å². The van der Waals surface area contributed by atoms with Gasteiger partial charge in [0.2, 0.25) is 5.91 Å². The molecule has 0 radical (unpaired) electrons. The molecular weight excluding hydrogens is 358 g/mol. The Hall–Kier alpha value is -1.92. The normalized spacial score (nSPS) is 21.7. The number of thiazole rings is 1. The number of aryl methyl sites for hydroxylation is 1. The van der Waals surface area contributed by atoms with Crippen molar-refractivity contribution in [3.63, 3.8) is 0 Å². The Morgan fingerprint density at radius 2 is 1.93 bits per heavy atom. The third-order valence-electron chi connectivity index (χ3n) is 6.49. The number of nitrogens with zero attached hydrogens (tertiary/aromatic N) is 2. The van der Waals surface area contributed by atoms with Gasteiger partial charge in [0.25, 0.3) is 0 Å². The first kappa shape index (κ1) is 18.4. The molecular formula is C21H27N3O2S. The summed E-state index contributed by atoms with van der Waals surface area (Å²) in [6, 6.07) is 10.1. The van der Waals surface area contributed by atoms with E-state index in [-0.39, 0.29) is 28.8 Å². The summed E-state index contributed by atoms with van der Waals surface area (Å²) >= 11 is 1.22. The molecule has 0 bridgehead atoms. The van der Waals surface area contributed by atoms with Gasteiger partial charge in [0.05, 0.1) is 5.69 Å². The number of likely N-dealkylation sites (tertiary alicyclic amines) is 1. The molecule has 1 aliphatic carbocycles. The van der Waals surface area contributed by atoms with Crippen LogP contribution < -0.4 is 10.6 Å². The highest BCUT2D eigenvalue weighted by atomic mass is 32.1. The summed E-state index contributed by atoms with van der Waals surface area (Å²) in [5, 5.41) is 0. The topological polar surface area (TPSA) is 68.3 Å². The second-order valence-electron chi connectivity index (χ2n) is 7.97. The van der Waals surface area contributed by atoms with Crippen molar-refractivity contribution in [2.45, 2.75) is 51.6 Å². The number of aromatic nitrogens is 1. The van der Waals surface area contributed by atoms with Crippen molar-refractivity contribution in [3.05, 3.63) is 44.9 Å². The molecule has 2 aliphatic rings. The van der Waals surface area contributed by atoms with Gasteiger partial charge in [-0.05, 0) is 43.6 Å². The minimum atomic E-state index is -0.0639. The Bertz CT molecular complexity index is 879. The molecule has 6 heteroatoms. The smallest absolute Gasteiger partial charge is 0.308 e. The van der Waals surface area contributed by atoms with E-state index in [9.17, 15) is 9.59 Å². The number of carbonyl (C=O) groups is 1. The van der Waals surface area contributed by atoms with Crippen molar-refractivity contribution in [2.75, 3.05) is 13.1 Å². The quantitative estimate of drug-likeness (QED) is 0.883. The summed E-state index contributed by atoms with van der Waals surface area (Å²) < 4.78 is 1.64. The highest BCUT2D eigenvalue weighted by Gasteiger charge is 2.43. The van der Waals surface area contributed by atoms with Crippen LogP contribution >= 0.6 is 11.3 Å². The van der Waals surface area contributed by atoms with E-state index >= 15 is 0 Å². The molecule has 2 aromatic rings. The maximum absolute atomic E-state index is 12.9. The Morgan fingerprint density at radius 1 is 1.22 bits per heavy atom. The van der Waals surface area contributed by atoms with Crippen molar-refractivity contribution >= 4 is 17.2 Å². The number of benzene rings is 1. The number of rotatable bonds is 3. The zero-order valence-electron chi connectivity index (χ0n) is 15.8. The van der Waals surface area contributed by atoms with Crippen LogP contribution in [0.1, 0.15) is 37.0 Å². The number of amides is 1. The van der Waals surface area contributed by atoms with Crippen molar-refractivity contribution in [3.8, 4) is 11.3 Å². The molecule has 4 rings (SSSR count). The summed E-state index contributed by atoms with van der Waals surface area (Å²) in [4.78, 5) is 28.2. The Morgan fingerprint density at radius 3 is 2.56 bits per heavy atom. The average molecular weight is 386 g/mol. The van der Waals surface area contributed by atoms with E-state index in [1.54, 1.807) is 4.57 Å². The molecule has 1 aromatic heterocycles.